The fourth-order valence-corrected chi connectivity index (χ4v) is 4.77. The molecule has 164 valence electrons. The lowest BCUT2D eigenvalue weighted by Crippen LogP contribution is -2.38. The highest BCUT2D eigenvalue weighted by molar-refractivity contribution is 8.16. The zero-order valence-corrected chi connectivity index (χ0v) is 19.4. The number of benzene rings is 1. The Morgan fingerprint density at radius 1 is 1.29 bits per heavy atom. The Morgan fingerprint density at radius 3 is 2.65 bits per heavy atom. The summed E-state index contributed by atoms with van der Waals surface area (Å²) >= 11 is 7.58. The van der Waals surface area contributed by atoms with E-state index < -0.39 is 12.0 Å². The number of carbonyl (C=O) groups excluding carboxylic acids is 2. The van der Waals surface area contributed by atoms with Gasteiger partial charge in [-0.15, -0.1) is 0 Å². The first-order valence-corrected chi connectivity index (χ1v) is 11.8. The molecule has 1 N–H and O–H groups in total. The minimum Gasteiger partial charge on any atom is -0.459 e. The first-order chi connectivity index (χ1) is 14.8. The van der Waals surface area contributed by atoms with Crippen LogP contribution in [0.4, 0.5) is 0 Å². The van der Waals surface area contributed by atoms with Crippen LogP contribution in [0.2, 0.25) is 5.02 Å². The highest BCUT2D eigenvalue weighted by Gasteiger charge is 2.41. The van der Waals surface area contributed by atoms with Crippen molar-refractivity contribution in [1.82, 2.24) is 10.2 Å². The normalized spacial score (nSPS) is 20.4. The van der Waals surface area contributed by atoms with Crippen LogP contribution in [-0.4, -0.2) is 34.6 Å². The monoisotopic (exact) mass is 459 g/mol. The number of thioether (sulfide) groups is 1. The minimum atomic E-state index is -0.437. The molecule has 6 nitrogen and oxygen atoms in total. The molecule has 1 aromatic rings. The lowest BCUT2D eigenvalue weighted by molar-refractivity contribution is -0.143. The fraction of sp³-hybridized carbons (Fsp3) is 0.435. The number of rotatable bonds is 7. The number of halogens is 1. The molecular formula is C23H26ClN3O3S. The molecular weight excluding hydrogens is 434 g/mol. The van der Waals surface area contributed by atoms with Gasteiger partial charge in [-0.05, 0) is 62.6 Å². The van der Waals surface area contributed by atoms with Gasteiger partial charge >= 0.3 is 5.97 Å². The molecule has 4 rings (SSSR count). The molecule has 0 spiro atoms. The Kier molecular flexibility index (Phi) is 6.44. The molecule has 1 aliphatic carbocycles. The summed E-state index contributed by atoms with van der Waals surface area (Å²) < 4.78 is 5.55. The van der Waals surface area contributed by atoms with Gasteiger partial charge in [-0.1, -0.05) is 35.5 Å². The summed E-state index contributed by atoms with van der Waals surface area (Å²) in [6.45, 7) is 6.20. The second kappa shape index (κ2) is 9.09. The molecule has 1 saturated carbocycles. The van der Waals surface area contributed by atoms with Crippen LogP contribution in [0.1, 0.15) is 51.6 Å². The van der Waals surface area contributed by atoms with Crippen LogP contribution < -0.4 is 5.32 Å². The number of nitrogens with zero attached hydrogens (tertiary/aromatic N) is 2. The van der Waals surface area contributed by atoms with Gasteiger partial charge in [0.15, 0.2) is 5.17 Å². The van der Waals surface area contributed by atoms with E-state index in [1.54, 1.807) is 12.1 Å². The number of fused-ring (bicyclic) bond motifs is 1. The molecule has 1 aromatic carbocycles. The van der Waals surface area contributed by atoms with Gasteiger partial charge in [0.2, 0.25) is 5.91 Å². The maximum atomic E-state index is 13.1. The summed E-state index contributed by atoms with van der Waals surface area (Å²) in [5.41, 5.74) is 2.81. The maximum absolute atomic E-state index is 13.1. The number of nitrogens with one attached hydrogen (secondary N) is 1. The molecule has 0 saturated heterocycles. The Balaban J connectivity index is 1.66. The van der Waals surface area contributed by atoms with E-state index in [9.17, 15) is 9.59 Å². The average molecular weight is 460 g/mol. The predicted octanol–water partition coefficient (Wildman–Crippen LogP) is 4.78. The van der Waals surface area contributed by atoms with Crippen LogP contribution in [0.25, 0.3) is 0 Å². The summed E-state index contributed by atoms with van der Waals surface area (Å²) in [6, 6.07) is 6.98. The first-order valence-electron chi connectivity index (χ1n) is 10.5. The van der Waals surface area contributed by atoms with Gasteiger partial charge in [0, 0.05) is 17.3 Å². The third-order valence-corrected chi connectivity index (χ3v) is 6.52. The lowest BCUT2D eigenvalue weighted by atomic mass is 9.94. The minimum absolute atomic E-state index is 0.0209. The van der Waals surface area contributed by atoms with Crippen molar-refractivity contribution < 1.29 is 14.3 Å². The Morgan fingerprint density at radius 2 is 2.00 bits per heavy atom. The van der Waals surface area contributed by atoms with Crippen molar-refractivity contribution in [3.05, 3.63) is 57.2 Å². The summed E-state index contributed by atoms with van der Waals surface area (Å²) in [7, 11) is 0. The molecule has 1 fully saturated rings. The van der Waals surface area contributed by atoms with E-state index in [2.05, 4.69) is 10.3 Å². The molecule has 3 aliphatic rings. The highest BCUT2D eigenvalue weighted by atomic mass is 35.5. The zero-order valence-electron chi connectivity index (χ0n) is 17.9. The average Bonchev–Trinajstić information content (AvgIpc) is 3.46. The maximum Gasteiger partial charge on any atom is 0.338 e. The number of ether oxygens (including phenoxy) is 1. The number of allylic oxidation sites excluding steroid dienone is 1. The van der Waals surface area contributed by atoms with Gasteiger partial charge in [-0.3, -0.25) is 4.79 Å². The molecule has 8 heteroatoms. The summed E-state index contributed by atoms with van der Waals surface area (Å²) in [5, 5.41) is 6.34. The van der Waals surface area contributed by atoms with Crippen molar-refractivity contribution >= 4 is 40.4 Å². The van der Waals surface area contributed by atoms with Crippen LogP contribution in [0.3, 0.4) is 0 Å². The van der Waals surface area contributed by atoms with Gasteiger partial charge in [-0.2, -0.15) is 0 Å². The number of amides is 1. The second-order valence-electron chi connectivity index (χ2n) is 8.32. The molecule has 0 radical (unpaired) electrons. The van der Waals surface area contributed by atoms with E-state index in [4.69, 9.17) is 16.3 Å². The third-order valence-electron chi connectivity index (χ3n) is 5.38. The van der Waals surface area contributed by atoms with Gasteiger partial charge in [0.05, 0.1) is 29.8 Å². The van der Waals surface area contributed by atoms with Crippen molar-refractivity contribution in [2.45, 2.75) is 52.2 Å². The quantitative estimate of drug-likeness (QED) is 0.594. The van der Waals surface area contributed by atoms with Crippen LogP contribution in [0, 0.1) is 5.92 Å². The van der Waals surface area contributed by atoms with E-state index in [0.29, 0.717) is 22.2 Å². The lowest BCUT2D eigenvalue weighted by Gasteiger charge is -2.36. The van der Waals surface area contributed by atoms with Crippen molar-refractivity contribution in [2.24, 2.45) is 10.9 Å². The highest BCUT2D eigenvalue weighted by Crippen LogP contribution is 2.45. The number of carbonyl (C=O) groups is 2. The van der Waals surface area contributed by atoms with Crippen LogP contribution >= 0.6 is 23.4 Å². The van der Waals surface area contributed by atoms with E-state index in [1.807, 2.05) is 43.2 Å². The van der Waals surface area contributed by atoms with Crippen molar-refractivity contribution in [3.63, 3.8) is 0 Å². The smallest absolute Gasteiger partial charge is 0.338 e. The molecule has 1 atom stereocenters. The Hall–Kier alpha value is -2.25. The zero-order chi connectivity index (χ0) is 22.1. The Bertz CT molecular complexity index is 980. The van der Waals surface area contributed by atoms with Gasteiger partial charge in [0.25, 0.3) is 0 Å². The molecule has 2 aliphatic heterocycles. The van der Waals surface area contributed by atoms with Gasteiger partial charge in [-0.25, -0.2) is 9.79 Å². The first kappa shape index (κ1) is 22.0. The summed E-state index contributed by atoms with van der Waals surface area (Å²) in [6.07, 6.45) is 2.35. The SMILES string of the molecule is CC1=C(C(=O)OC(C)C)[C@@H](c2ccc(Cl)cc2)N2C(CC(=O)NCC3CC3)=CSC2=N1. The molecule has 31 heavy (non-hydrogen) atoms. The van der Waals surface area contributed by atoms with E-state index >= 15 is 0 Å². The van der Waals surface area contributed by atoms with Gasteiger partial charge < -0.3 is 15.0 Å². The Labute approximate surface area is 191 Å². The predicted molar refractivity (Wildman–Crippen MR) is 123 cm³/mol. The number of aliphatic imine (C=N–C) groups is 1. The molecule has 2 heterocycles. The number of hydrogen-bond acceptors (Lipinski definition) is 6. The largest absolute Gasteiger partial charge is 0.459 e. The summed E-state index contributed by atoms with van der Waals surface area (Å²) in [4.78, 5) is 32.3. The fourth-order valence-electron chi connectivity index (χ4n) is 3.68. The van der Waals surface area contributed by atoms with Crippen LogP contribution in [0.5, 0.6) is 0 Å². The van der Waals surface area contributed by atoms with E-state index in [1.165, 1.54) is 24.6 Å². The molecule has 0 bridgehead atoms. The topological polar surface area (TPSA) is 71.0 Å². The second-order valence-corrected chi connectivity index (χ2v) is 9.60. The van der Waals surface area contributed by atoms with E-state index in [-0.39, 0.29) is 18.4 Å². The van der Waals surface area contributed by atoms with Gasteiger partial charge in [0.1, 0.15) is 0 Å². The van der Waals surface area contributed by atoms with Crippen LogP contribution in [-0.2, 0) is 14.3 Å². The molecule has 0 unspecified atom stereocenters. The van der Waals surface area contributed by atoms with Crippen molar-refractivity contribution in [1.29, 1.82) is 0 Å². The number of amidine groups is 1. The summed E-state index contributed by atoms with van der Waals surface area (Å²) in [5.74, 6) is 0.199. The molecule has 0 aromatic heterocycles. The third kappa shape index (κ3) is 4.99. The number of hydrogen-bond donors (Lipinski definition) is 1. The van der Waals surface area contributed by atoms with Crippen molar-refractivity contribution in [2.75, 3.05) is 6.54 Å². The van der Waals surface area contributed by atoms with Crippen molar-refractivity contribution in [3.8, 4) is 0 Å². The van der Waals surface area contributed by atoms with E-state index in [0.717, 1.165) is 23.0 Å². The molecule has 1 amide bonds. The van der Waals surface area contributed by atoms with Crippen LogP contribution in [0.15, 0.2) is 51.6 Å². The standard InChI is InChI=1S/C23H26ClN3O3S/c1-13(2)30-22(29)20-14(3)26-23-27(21(20)16-6-8-17(24)9-7-16)18(12-31-23)10-19(28)25-11-15-4-5-15/h6-9,12-13,15,21H,4-5,10-11H2,1-3H3,(H,25,28)/t21-/m1/s1. The number of esters is 1.